The maximum absolute atomic E-state index is 6.25. The summed E-state index contributed by atoms with van der Waals surface area (Å²) in [5.74, 6) is 3.48. The second-order valence-corrected chi connectivity index (χ2v) is 6.19. The van der Waals surface area contributed by atoms with Gasteiger partial charge in [0.15, 0.2) is 5.82 Å². The Balaban J connectivity index is 1.66. The molecule has 1 aliphatic rings. The largest absolute Gasteiger partial charge is 0.354 e. The fourth-order valence-electron chi connectivity index (χ4n) is 2.76. The van der Waals surface area contributed by atoms with Gasteiger partial charge in [-0.3, -0.25) is 10.00 Å². The van der Waals surface area contributed by atoms with Crippen molar-refractivity contribution in [1.82, 2.24) is 30.0 Å². The van der Waals surface area contributed by atoms with Gasteiger partial charge in [-0.05, 0) is 13.8 Å². The minimum Gasteiger partial charge on any atom is -0.354 e. The van der Waals surface area contributed by atoms with E-state index in [0.717, 1.165) is 68.0 Å². The summed E-state index contributed by atoms with van der Waals surface area (Å²) in [6.45, 7) is 10.5. The number of halogens is 1. The van der Waals surface area contributed by atoms with Gasteiger partial charge < -0.3 is 4.90 Å². The molecule has 3 heterocycles. The third-order valence-electron chi connectivity index (χ3n) is 4.10. The van der Waals surface area contributed by atoms with Gasteiger partial charge >= 0.3 is 0 Å². The molecular formula is C15H22ClN7. The smallest absolute Gasteiger partial charge is 0.164 e. The SMILES string of the molecule is CCc1nc(Cl)c(C)c(N2CCN(Cc3n[nH]c(C)n3)CC2)n1. The van der Waals surface area contributed by atoms with Crippen LogP contribution in [0.4, 0.5) is 5.82 Å². The van der Waals surface area contributed by atoms with Crippen LogP contribution < -0.4 is 4.90 Å². The zero-order chi connectivity index (χ0) is 16.4. The Labute approximate surface area is 141 Å². The highest BCUT2D eigenvalue weighted by Crippen LogP contribution is 2.24. The summed E-state index contributed by atoms with van der Waals surface area (Å²) < 4.78 is 0. The molecule has 1 N–H and O–H groups in total. The van der Waals surface area contributed by atoms with Gasteiger partial charge in [0.1, 0.15) is 22.6 Å². The number of hydrogen-bond donors (Lipinski definition) is 1. The normalized spacial score (nSPS) is 16.1. The van der Waals surface area contributed by atoms with Gasteiger partial charge in [0.2, 0.25) is 0 Å². The van der Waals surface area contributed by atoms with Crippen molar-refractivity contribution in [3.8, 4) is 0 Å². The standard InChI is InChI=1S/C15H22ClN7/c1-4-12-18-14(16)10(2)15(19-12)23-7-5-22(6-8-23)9-13-17-11(3)20-21-13/h4-9H2,1-3H3,(H,17,20,21). The first-order valence-corrected chi connectivity index (χ1v) is 8.32. The zero-order valence-corrected chi connectivity index (χ0v) is 14.6. The Morgan fingerprint density at radius 3 is 2.39 bits per heavy atom. The topological polar surface area (TPSA) is 73.8 Å². The summed E-state index contributed by atoms with van der Waals surface area (Å²) in [5, 5.41) is 7.66. The van der Waals surface area contributed by atoms with Gasteiger partial charge in [0.05, 0.1) is 6.54 Å². The molecule has 0 aliphatic carbocycles. The molecule has 1 fully saturated rings. The Bertz CT molecular complexity index is 676. The number of aryl methyl sites for hydroxylation is 2. The Hall–Kier alpha value is -1.73. The van der Waals surface area contributed by atoms with Crippen LogP contribution >= 0.6 is 11.6 Å². The molecule has 0 spiro atoms. The van der Waals surface area contributed by atoms with Crippen LogP contribution in [0.5, 0.6) is 0 Å². The fraction of sp³-hybridized carbons (Fsp3) is 0.600. The Morgan fingerprint density at radius 2 is 1.78 bits per heavy atom. The lowest BCUT2D eigenvalue weighted by atomic mass is 10.2. The molecule has 1 aliphatic heterocycles. The first-order valence-electron chi connectivity index (χ1n) is 7.95. The van der Waals surface area contributed by atoms with E-state index < -0.39 is 0 Å². The van der Waals surface area contributed by atoms with Crippen molar-refractivity contribution in [3.05, 3.63) is 28.2 Å². The third-order valence-corrected chi connectivity index (χ3v) is 4.47. The van der Waals surface area contributed by atoms with Crippen LogP contribution in [-0.2, 0) is 13.0 Å². The predicted molar refractivity (Wildman–Crippen MR) is 89.8 cm³/mol. The van der Waals surface area contributed by atoms with Gasteiger partial charge in [0, 0.05) is 38.2 Å². The highest BCUT2D eigenvalue weighted by atomic mass is 35.5. The molecule has 23 heavy (non-hydrogen) atoms. The molecule has 1 saturated heterocycles. The molecule has 8 heteroatoms. The molecular weight excluding hydrogens is 314 g/mol. The number of anilines is 1. The predicted octanol–water partition coefficient (Wildman–Crippen LogP) is 1.75. The first kappa shape index (κ1) is 16.1. The first-order chi connectivity index (χ1) is 11.1. The summed E-state index contributed by atoms with van der Waals surface area (Å²) in [6, 6.07) is 0. The van der Waals surface area contributed by atoms with Crippen molar-refractivity contribution < 1.29 is 0 Å². The number of nitrogens with zero attached hydrogens (tertiary/aromatic N) is 6. The molecule has 3 rings (SSSR count). The number of H-pyrrole nitrogens is 1. The number of nitrogens with one attached hydrogen (secondary N) is 1. The van der Waals surface area contributed by atoms with Gasteiger partial charge in [-0.2, -0.15) is 5.10 Å². The van der Waals surface area contributed by atoms with Crippen LogP contribution in [0.25, 0.3) is 0 Å². The van der Waals surface area contributed by atoms with E-state index in [4.69, 9.17) is 11.6 Å². The maximum atomic E-state index is 6.25. The van der Waals surface area contributed by atoms with Crippen LogP contribution in [0.15, 0.2) is 0 Å². The van der Waals surface area contributed by atoms with Gasteiger partial charge in [-0.25, -0.2) is 15.0 Å². The lowest BCUT2D eigenvalue weighted by Crippen LogP contribution is -2.46. The van der Waals surface area contributed by atoms with E-state index in [-0.39, 0.29) is 0 Å². The number of hydrogen-bond acceptors (Lipinski definition) is 6. The van der Waals surface area contributed by atoms with Crippen molar-refractivity contribution in [1.29, 1.82) is 0 Å². The van der Waals surface area contributed by atoms with Crippen LogP contribution in [0, 0.1) is 13.8 Å². The van der Waals surface area contributed by atoms with Crippen molar-refractivity contribution in [2.75, 3.05) is 31.1 Å². The average Bonchev–Trinajstić information content (AvgIpc) is 2.96. The lowest BCUT2D eigenvalue weighted by molar-refractivity contribution is 0.243. The molecule has 2 aromatic heterocycles. The van der Waals surface area contributed by atoms with Crippen molar-refractivity contribution in [2.24, 2.45) is 0 Å². The molecule has 0 aromatic carbocycles. The van der Waals surface area contributed by atoms with Gasteiger partial charge in [-0.1, -0.05) is 18.5 Å². The molecule has 0 radical (unpaired) electrons. The van der Waals surface area contributed by atoms with Crippen LogP contribution in [0.2, 0.25) is 5.15 Å². The second kappa shape index (κ2) is 6.80. The number of rotatable bonds is 4. The molecule has 0 saturated carbocycles. The van der Waals surface area contributed by atoms with E-state index in [0.29, 0.717) is 5.15 Å². The third kappa shape index (κ3) is 3.61. The number of aromatic nitrogens is 5. The Morgan fingerprint density at radius 1 is 1.04 bits per heavy atom. The van der Waals surface area contributed by atoms with E-state index in [1.165, 1.54) is 0 Å². The molecule has 0 bridgehead atoms. The summed E-state index contributed by atoms with van der Waals surface area (Å²) in [7, 11) is 0. The monoisotopic (exact) mass is 335 g/mol. The lowest BCUT2D eigenvalue weighted by Gasteiger charge is -2.35. The molecule has 124 valence electrons. The summed E-state index contributed by atoms with van der Waals surface area (Å²) >= 11 is 6.25. The maximum Gasteiger partial charge on any atom is 0.164 e. The zero-order valence-electron chi connectivity index (χ0n) is 13.8. The molecule has 2 aromatic rings. The second-order valence-electron chi connectivity index (χ2n) is 5.83. The number of piperazine rings is 1. The highest BCUT2D eigenvalue weighted by molar-refractivity contribution is 6.30. The number of aromatic amines is 1. The van der Waals surface area contributed by atoms with E-state index in [1.807, 2.05) is 20.8 Å². The molecule has 0 unspecified atom stereocenters. The van der Waals surface area contributed by atoms with Crippen molar-refractivity contribution >= 4 is 17.4 Å². The minimum atomic E-state index is 0.561. The van der Waals surface area contributed by atoms with E-state index in [2.05, 4.69) is 34.9 Å². The van der Waals surface area contributed by atoms with Crippen molar-refractivity contribution in [2.45, 2.75) is 33.7 Å². The molecule has 0 atom stereocenters. The summed E-state index contributed by atoms with van der Waals surface area (Å²) in [4.78, 5) is 18.0. The quantitative estimate of drug-likeness (QED) is 0.858. The molecule has 0 amide bonds. The Kier molecular flexibility index (Phi) is 4.77. The fourth-order valence-corrected chi connectivity index (χ4v) is 2.95. The van der Waals surface area contributed by atoms with E-state index in [1.54, 1.807) is 0 Å². The van der Waals surface area contributed by atoms with E-state index >= 15 is 0 Å². The van der Waals surface area contributed by atoms with Crippen molar-refractivity contribution in [3.63, 3.8) is 0 Å². The highest BCUT2D eigenvalue weighted by Gasteiger charge is 2.22. The van der Waals surface area contributed by atoms with Crippen LogP contribution in [-0.4, -0.2) is 56.2 Å². The summed E-state index contributed by atoms with van der Waals surface area (Å²) in [5.41, 5.74) is 0.960. The van der Waals surface area contributed by atoms with Gasteiger partial charge in [0.25, 0.3) is 0 Å². The van der Waals surface area contributed by atoms with E-state index in [9.17, 15) is 0 Å². The average molecular weight is 336 g/mol. The van der Waals surface area contributed by atoms with Gasteiger partial charge in [-0.15, -0.1) is 0 Å². The summed E-state index contributed by atoms with van der Waals surface area (Å²) in [6.07, 6.45) is 0.789. The minimum absolute atomic E-state index is 0.561. The van der Waals surface area contributed by atoms with Crippen LogP contribution in [0.3, 0.4) is 0 Å². The molecule has 7 nitrogen and oxygen atoms in total. The van der Waals surface area contributed by atoms with Crippen LogP contribution in [0.1, 0.15) is 30.0 Å².